The number of halogens is 3. The summed E-state index contributed by atoms with van der Waals surface area (Å²) in [6, 6.07) is 1.62. The van der Waals surface area contributed by atoms with Gasteiger partial charge in [-0.05, 0) is 12.1 Å². The number of nitrogens with one attached hydrogen (secondary N) is 2. The number of carbonyl (C=O) groups is 1. The fraction of sp³-hybridized carbons (Fsp3) is 0.167. The summed E-state index contributed by atoms with van der Waals surface area (Å²) in [5, 5.41) is 4.68. The van der Waals surface area contributed by atoms with Crippen molar-refractivity contribution in [3.63, 3.8) is 0 Å². The van der Waals surface area contributed by atoms with Crippen LogP contribution in [0.5, 0.6) is 0 Å². The number of benzene rings is 1. The Morgan fingerprint density at radius 3 is 2.70 bits per heavy atom. The van der Waals surface area contributed by atoms with Crippen molar-refractivity contribution in [3.8, 4) is 0 Å². The number of nitrogens with zero attached hydrogens (tertiary/aromatic N) is 1. The predicted octanol–water partition coefficient (Wildman–Crippen LogP) is 1.13. The monoisotopic (exact) mass is 286 g/mol. The number of rotatable bonds is 5. The zero-order valence-electron chi connectivity index (χ0n) is 10.4. The number of carbonyl (C=O) groups excluding carboxylic acids is 1. The van der Waals surface area contributed by atoms with E-state index in [1.54, 1.807) is 6.08 Å². The maximum Gasteiger partial charge on any atom is 0.246 e. The summed E-state index contributed by atoms with van der Waals surface area (Å²) in [6.45, 7) is 3.42. The van der Waals surface area contributed by atoms with Crippen LogP contribution in [0.1, 0.15) is 0 Å². The van der Waals surface area contributed by atoms with Crippen LogP contribution in [-0.4, -0.2) is 25.0 Å². The van der Waals surface area contributed by atoms with Gasteiger partial charge < -0.3 is 16.4 Å². The molecule has 0 saturated heterocycles. The second-order valence-electron chi connectivity index (χ2n) is 3.64. The molecule has 20 heavy (non-hydrogen) atoms. The molecular weight excluding hydrogens is 273 g/mol. The summed E-state index contributed by atoms with van der Waals surface area (Å²) in [7, 11) is 0. The van der Waals surface area contributed by atoms with Crippen LogP contribution in [0.3, 0.4) is 0 Å². The van der Waals surface area contributed by atoms with E-state index in [1.165, 1.54) is 0 Å². The molecule has 0 bridgehead atoms. The number of aliphatic imine (C=N–C) groups is 1. The lowest BCUT2D eigenvalue weighted by molar-refractivity contribution is -0.114. The summed E-state index contributed by atoms with van der Waals surface area (Å²) in [6.07, 6.45) is 1.54. The predicted molar refractivity (Wildman–Crippen MR) is 69.6 cm³/mol. The number of nitrogens with two attached hydrogens (primary N) is 1. The Morgan fingerprint density at radius 1 is 1.35 bits per heavy atom. The highest BCUT2D eigenvalue weighted by atomic mass is 19.2. The highest BCUT2D eigenvalue weighted by Gasteiger charge is 2.14. The Hall–Kier alpha value is -2.51. The Labute approximate surface area is 113 Å². The van der Waals surface area contributed by atoms with Crippen LogP contribution in [0.4, 0.5) is 18.9 Å². The molecule has 108 valence electrons. The van der Waals surface area contributed by atoms with E-state index in [1.807, 2.05) is 0 Å². The van der Waals surface area contributed by atoms with Gasteiger partial charge in [-0.25, -0.2) is 18.2 Å². The van der Waals surface area contributed by atoms with Crippen LogP contribution in [-0.2, 0) is 4.79 Å². The lowest BCUT2D eigenvalue weighted by Gasteiger charge is -2.06. The molecule has 5 nitrogen and oxygen atoms in total. The molecule has 1 rings (SSSR count). The van der Waals surface area contributed by atoms with Crippen molar-refractivity contribution in [1.82, 2.24) is 5.32 Å². The van der Waals surface area contributed by atoms with Gasteiger partial charge in [-0.15, -0.1) is 6.58 Å². The van der Waals surface area contributed by atoms with Crippen LogP contribution in [0.15, 0.2) is 29.8 Å². The van der Waals surface area contributed by atoms with Gasteiger partial charge in [-0.1, -0.05) is 6.08 Å². The molecule has 0 spiro atoms. The van der Waals surface area contributed by atoms with Gasteiger partial charge in [0, 0.05) is 6.54 Å². The van der Waals surface area contributed by atoms with Gasteiger partial charge >= 0.3 is 0 Å². The number of amides is 1. The van der Waals surface area contributed by atoms with Gasteiger partial charge in [0.2, 0.25) is 5.91 Å². The van der Waals surface area contributed by atoms with Crippen LogP contribution in [0.2, 0.25) is 0 Å². The van der Waals surface area contributed by atoms with E-state index < -0.39 is 35.6 Å². The lowest BCUT2D eigenvalue weighted by atomic mass is 10.3. The molecule has 0 saturated carbocycles. The Kier molecular flexibility index (Phi) is 5.57. The molecule has 0 aliphatic rings. The maximum absolute atomic E-state index is 13.3. The summed E-state index contributed by atoms with van der Waals surface area (Å²) in [4.78, 5) is 15.1. The van der Waals surface area contributed by atoms with Gasteiger partial charge in [0.1, 0.15) is 6.54 Å². The molecule has 0 fully saturated rings. The molecule has 0 aliphatic carbocycles. The molecule has 0 aromatic heterocycles. The van der Waals surface area contributed by atoms with Crippen molar-refractivity contribution in [2.75, 3.05) is 18.4 Å². The minimum absolute atomic E-state index is 0.00538. The largest absolute Gasteiger partial charge is 0.370 e. The number of anilines is 1. The maximum atomic E-state index is 13.3. The first-order valence-corrected chi connectivity index (χ1v) is 5.53. The average Bonchev–Trinajstić information content (AvgIpc) is 2.43. The molecule has 0 aliphatic heterocycles. The SMILES string of the molecule is C=CCNC(N)=NCC(=O)Nc1ccc(F)c(F)c1F. The third-order valence-corrected chi connectivity index (χ3v) is 2.13. The first-order valence-electron chi connectivity index (χ1n) is 5.53. The standard InChI is InChI=1S/C12H13F3N4O/c1-2-5-17-12(16)18-6-9(20)19-8-4-3-7(13)10(14)11(8)15/h2-4H,1,5-6H2,(H,19,20)(H3,16,17,18). The summed E-state index contributed by atoms with van der Waals surface area (Å²) in [5.41, 5.74) is 4.93. The Morgan fingerprint density at radius 2 is 2.05 bits per heavy atom. The van der Waals surface area contributed by atoms with Gasteiger partial charge in [0.25, 0.3) is 0 Å². The van der Waals surface area contributed by atoms with Crippen LogP contribution < -0.4 is 16.4 Å². The van der Waals surface area contributed by atoms with Gasteiger partial charge in [0.05, 0.1) is 5.69 Å². The molecule has 4 N–H and O–H groups in total. The fourth-order valence-electron chi connectivity index (χ4n) is 1.20. The molecular formula is C12H13F3N4O. The van der Waals surface area contributed by atoms with E-state index in [4.69, 9.17) is 5.73 Å². The third-order valence-electron chi connectivity index (χ3n) is 2.13. The second kappa shape index (κ2) is 7.17. The molecule has 0 heterocycles. The Bertz CT molecular complexity index is 546. The van der Waals surface area contributed by atoms with Crippen molar-refractivity contribution >= 4 is 17.6 Å². The van der Waals surface area contributed by atoms with Gasteiger partial charge in [-0.3, -0.25) is 4.79 Å². The molecule has 1 aromatic carbocycles. The van der Waals surface area contributed by atoms with Crippen molar-refractivity contribution in [2.45, 2.75) is 0 Å². The van der Waals surface area contributed by atoms with Gasteiger partial charge in [-0.2, -0.15) is 0 Å². The first kappa shape index (κ1) is 15.5. The first-order chi connectivity index (χ1) is 9.45. The van der Waals surface area contributed by atoms with Crippen molar-refractivity contribution < 1.29 is 18.0 Å². The summed E-state index contributed by atoms with van der Waals surface area (Å²) >= 11 is 0. The molecule has 0 atom stereocenters. The smallest absolute Gasteiger partial charge is 0.246 e. The van der Waals surface area contributed by atoms with Gasteiger partial charge in [0.15, 0.2) is 23.4 Å². The van der Waals surface area contributed by atoms with Crippen molar-refractivity contribution in [2.24, 2.45) is 10.7 Å². The zero-order chi connectivity index (χ0) is 15.1. The van der Waals surface area contributed by atoms with Crippen molar-refractivity contribution in [3.05, 3.63) is 42.2 Å². The number of hydrogen-bond acceptors (Lipinski definition) is 2. The molecule has 8 heteroatoms. The fourth-order valence-corrected chi connectivity index (χ4v) is 1.20. The molecule has 0 radical (unpaired) electrons. The third kappa shape index (κ3) is 4.30. The van der Waals surface area contributed by atoms with E-state index in [9.17, 15) is 18.0 Å². The van der Waals surface area contributed by atoms with E-state index >= 15 is 0 Å². The van der Waals surface area contributed by atoms with E-state index in [0.29, 0.717) is 12.6 Å². The zero-order valence-corrected chi connectivity index (χ0v) is 10.4. The van der Waals surface area contributed by atoms with Crippen LogP contribution in [0.25, 0.3) is 0 Å². The minimum Gasteiger partial charge on any atom is -0.370 e. The van der Waals surface area contributed by atoms with E-state index in [0.717, 1.165) is 6.07 Å². The molecule has 0 unspecified atom stereocenters. The molecule has 1 aromatic rings. The van der Waals surface area contributed by atoms with Crippen molar-refractivity contribution in [1.29, 1.82) is 0 Å². The minimum atomic E-state index is -1.65. The summed E-state index contributed by atoms with van der Waals surface area (Å²) < 4.78 is 38.9. The normalized spacial score (nSPS) is 11.1. The topological polar surface area (TPSA) is 79.5 Å². The van der Waals surface area contributed by atoms with E-state index in [2.05, 4.69) is 22.2 Å². The average molecular weight is 286 g/mol. The second-order valence-corrected chi connectivity index (χ2v) is 3.64. The number of hydrogen-bond donors (Lipinski definition) is 3. The Balaban J connectivity index is 2.63. The lowest BCUT2D eigenvalue weighted by Crippen LogP contribution is -2.32. The highest BCUT2D eigenvalue weighted by Crippen LogP contribution is 2.19. The summed E-state index contributed by atoms with van der Waals surface area (Å²) in [5.74, 6) is -5.18. The highest BCUT2D eigenvalue weighted by molar-refractivity contribution is 5.94. The van der Waals surface area contributed by atoms with Crippen LogP contribution >= 0.6 is 0 Å². The van der Waals surface area contributed by atoms with E-state index in [-0.39, 0.29) is 5.96 Å². The number of guanidine groups is 1. The molecule has 1 amide bonds. The quantitative estimate of drug-likeness (QED) is 0.328. The van der Waals surface area contributed by atoms with Crippen LogP contribution in [0, 0.1) is 17.5 Å².